The SMILES string of the molecule is C=CCc1cccc(/C=N/NC(=O)COc2ccc(CCC)cc2)c1O. The molecule has 5 nitrogen and oxygen atoms in total. The Hall–Kier alpha value is -3.08. The molecule has 0 radical (unpaired) electrons. The van der Waals surface area contributed by atoms with Crippen molar-refractivity contribution >= 4 is 12.1 Å². The first kappa shape index (κ1) is 19.2. The predicted octanol–water partition coefficient (Wildman–Crippen LogP) is 3.60. The van der Waals surface area contributed by atoms with Gasteiger partial charge in [0.2, 0.25) is 0 Å². The summed E-state index contributed by atoms with van der Waals surface area (Å²) < 4.78 is 5.43. The Balaban J connectivity index is 1.84. The number of amides is 1. The maximum Gasteiger partial charge on any atom is 0.277 e. The number of nitrogens with zero attached hydrogens (tertiary/aromatic N) is 1. The van der Waals surface area contributed by atoms with Gasteiger partial charge in [0.1, 0.15) is 11.5 Å². The van der Waals surface area contributed by atoms with E-state index in [1.54, 1.807) is 12.1 Å². The van der Waals surface area contributed by atoms with Gasteiger partial charge in [0.05, 0.1) is 6.21 Å². The minimum absolute atomic E-state index is 0.132. The van der Waals surface area contributed by atoms with Gasteiger partial charge in [-0.15, -0.1) is 6.58 Å². The fraction of sp³-hybridized carbons (Fsp3) is 0.238. The molecule has 0 saturated carbocycles. The number of nitrogens with one attached hydrogen (secondary N) is 1. The lowest BCUT2D eigenvalue weighted by Crippen LogP contribution is -2.24. The summed E-state index contributed by atoms with van der Waals surface area (Å²) in [7, 11) is 0. The normalized spacial score (nSPS) is 10.7. The van der Waals surface area contributed by atoms with E-state index in [-0.39, 0.29) is 18.3 Å². The van der Waals surface area contributed by atoms with Crippen molar-refractivity contribution in [3.05, 3.63) is 71.8 Å². The van der Waals surface area contributed by atoms with Crippen LogP contribution in [-0.2, 0) is 17.6 Å². The van der Waals surface area contributed by atoms with Crippen molar-refractivity contribution in [2.75, 3.05) is 6.61 Å². The molecule has 0 aliphatic heterocycles. The van der Waals surface area contributed by atoms with Gasteiger partial charge in [-0.1, -0.05) is 43.7 Å². The highest BCUT2D eigenvalue weighted by Gasteiger charge is 2.05. The number of carbonyl (C=O) groups is 1. The topological polar surface area (TPSA) is 70.9 Å². The summed E-state index contributed by atoms with van der Waals surface area (Å²) in [6.07, 6.45) is 5.79. The number of benzene rings is 2. The van der Waals surface area contributed by atoms with Crippen LogP contribution >= 0.6 is 0 Å². The van der Waals surface area contributed by atoms with Crippen molar-refractivity contribution in [2.45, 2.75) is 26.2 Å². The van der Waals surface area contributed by atoms with E-state index in [0.29, 0.717) is 17.7 Å². The van der Waals surface area contributed by atoms with Gasteiger partial charge in [0.25, 0.3) is 5.91 Å². The third-order valence-electron chi connectivity index (χ3n) is 3.74. The quantitative estimate of drug-likeness (QED) is 0.411. The van der Waals surface area contributed by atoms with Gasteiger partial charge in [-0.05, 0) is 42.2 Å². The average Bonchev–Trinajstić information content (AvgIpc) is 2.64. The van der Waals surface area contributed by atoms with Crippen LogP contribution in [0.15, 0.2) is 60.2 Å². The van der Waals surface area contributed by atoms with Crippen LogP contribution in [0, 0.1) is 0 Å². The summed E-state index contributed by atoms with van der Waals surface area (Å²) >= 11 is 0. The van der Waals surface area contributed by atoms with Crippen molar-refractivity contribution in [2.24, 2.45) is 5.10 Å². The molecule has 5 heteroatoms. The van der Waals surface area contributed by atoms with E-state index in [2.05, 4.69) is 24.0 Å². The van der Waals surface area contributed by atoms with Gasteiger partial charge in [0.15, 0.2) is 6.61 Å². The molecule has 0 unspecified atom stereocenters. The minimum atomic E-state index is -0.374. The molecule has 0 aliphatic rings. The maximum absolute atomic E-state index is 11.8. The fourth-order valence-corrected chi connectivity index (χ4v) is 2.43. The number of aryl methyl sites for hydroxylation is 1. The first-order chi connectivity index (χ1) is 12.6. The van der Waals surface area contributed by atoms with E-state index in [9.17, 15) is 9.90 Å². The van der Waals surface area contributed by atoms with Crippen LogP contribution < -0.4 is 10.2 Å². The molecule has 0 aliphatic carbocycles. The Morgan fingerprint density at radius 1 is 1.27 bits per heavy atom. The highest BCUT2D eigenvalue weighted by Crippen LogP contribution is 2.21. The van der Waals surface area contributed by atoms with Crippen LogP contribution in [0.25, 0.3) is 0 Å². The zero-order valence-corrected chi connectivity index (χ0v) is 14.9. The second kappa shape index (κ2) is 10.0. The Kier molecular flexibility index (Phi) is 7.43. The molecule has 0 atom stereocenters. The Morgan fingerprint density at radius 2 is 2.04 bits per heavy atom. The Bertz CT molecular complexity index is 767. The number of phenolic OH excluding ortho intramolecular Hbond substituents is 1. The molecule has 2 aromatic rings. The second-order valence-corrected chi connectivity index (χ2v) is 5.82. The molecule has 136 valence electrons. The summed E-state index contributed by atoms with van der Waals surface area (Å²) in [6, 6.07) is 13.0. The molecule has 0 bridgehead atoms. The smallest absolute Gasteiger partial charge is 0.277 e. The first-order valence-corrected chi connectivity index (χ1v) is 8.59. The molecule has 0 aromatic heterocycles. The highest BCUT2D eigenvalue weighted by molar-refractivity contribution is 5.86. The van der Waals surface area contributed by atoms with E-state index in [0.717, 1.165) is 18.4 Å². The van der Waals surface area contributed by atoms with Gasteiger partial charge in [0, 0.05) is 5.56 Å². The van der Waals surface area contributed by atoms with Crippen LogP contribution in [0.4, 0.5) is 0 Å². The molecular weight excluding hydrogens is 328 g/mol. The zero-order valence-electron chi connectivity index (χ0n) is 14.9. The van der Waals surface area contributed by atoms with E-state index in [1.807, 2.05) is 36.4 Å². The van der Waals surface area contributed by atoms with Crippen LogP contribution in [0.5, 0.6) is 11.5 Å². The molecule has 2 rings (SSSR count). The van der Waals surface area contributed by atoms with Gasteiger partial charge in [-0.25, -0.2) is 5.43 Å². The highest BCUT2D eigenvalue weighted by atomic mass is 16.5. The summed E-state index contributed by atoms with van der Waals surface area (Å²) in [5.74, 6) is 0.396. The molecular formula is C21H24N2O3. The lowest BCUT2D eigenvalue weighted by molar-refractivity contribution is -0.123. The molecule has 26 heavy (non-hydrogen) atoms. The van der Waals surface area contributed by atoms with Crippen molar-refractivity contribution in [1.82, 2.24) is 5.43 Å². The molecule has 0 heterocycles. The fourth-order valence-electron chi connectivity index (χ4n) is 2.43. The second-order valence-electron chi connectivity index (χ2n) is 5.82. The van der Waals surface area contributed by atoms with Gasteiger partial charge in [-0.2, -0.15) is 5.10 Å². The lowest BCUT2D eigenvalue weighted by Gasteiger charge is -2.06. The van der Waals surface area contributed by atoms with Gasteiger partial charge >= 0.3 is 0 Å². The summed E-state index contributed by atoms with van der Waals surface area (Å²) in [5, 5.41) is 14.0. The van der Waals surface area contributed by atoms with Crippen molar-refractivity contribution in [3.8, 4) is 11.5 Å². The number of ether oxygens (including phenoxy) is 1. The average molecular weight is 352 g/mol. The predicted molar refractivity (Wildman–Crippen MR) is 104 cm³/mol. The Morgan fingerprint density at radius 3 is 2.73 bits per heavy atom. The number of allylic oxidation sites excluding steroid dienone is 1. The van der Waals surface area contributed by atoms with E-state index in [4.69, 9.17) is 4.74 Å². The van der Waals surface area contributed by atoms with Gasteiger partial charge < -0.3 is 9.84 Å². The largest absolute Gasteiger partial charge is 0.507 e. The molecule has 0 saturated heterocycles. The van der Waals surface area contributed by atoms with Crippen LogP contribution in [0.3, 0.4) is 0 Å². The number of hydrogen-bond acceptors (Lipinski definition) is 4. The molecule has 2 N–H and O–H groups in total. The summed E-state index contributed by atoms with van der Waals surface area (Å²) in [5.41, 5.74) is 4.91. The number of carbonyl (C=O) groups excluding carboxylic acids is 1. The van der Waals surface area contributed by atoms with Crippen LogP contribution in [0.2, 0.25) is 0 Å². The lowest BCUT2D eigenvalue weighted by atomic mass is 10.1. The van der Waals surface area contributed by atoms with E-state index < -0.39 is 0 Å². The molecule has 0 spiro atoms. The number of phenols is 1. The summed E-state index contributed by atoms with van der Waals surface area (Å²) in [4.78, 5) is 11.8. The van der Waals surface area contributed by atoms with Gasteiger partial charge in [-0.3, -0.25) is 4.79 Å². The molecule has 0 fully saturated rings. The van der Waals surface area contributed by atoms with E-state index in [1.165, 1.54) is 11.8 Å². The van der Waals surface area contributed by atoms with Crippen molar-refractivity contribution in [1.29, 1.82) is 0 Å². The number of hydrogen-bond donors (Lipinski definition) is 2. The van der Waals surface area contributed by atoms with Crippen molar-refractivity contribution in [3.63, 3.8) is 0 Å². The number of aromatic hydroxyl groups is 1. The van der Waals surface area contributed by atoms with Crippen LogP contribution in [0.1, 0.15) is 30.0 Å². The van der Waals surface area contributed by atoms with E-state index >= 15 is 0 Å². The molecule has 2 aromatic carbocycles. The summed E-state index contributed by atoms with van der Waals surface area (Å²) in [6.45, 7) is 5.65. The standard InChI is InChI=1S/C21H24N2O3/c1-3-6-16-10-12-19(13-11-16)26-15-20(24)23-22-14-18-9-5-8-17(7-4-2)21(18)25/h4-5,8-14,25H,2-3,6-7,15H2,1H3,(H,23,24)/b22-14+. The third kappa shape index (κ3) is 5.77. The monoisotopic (exact) mass is 352 g/mol. The molecule has 1 amide bonds. The third-order valence-corrected chi connectivity index (χ3v) is 3.74. The minimum Gasteiger partial charge on any atom is -0.507 e. The first-order valence-electron chi connectivity index (χ1n) is 8.59. The van der Waals surface area contributed by atoms with Crippen LogP contribution in [-0.4, -0.2) is 23.8 Å². The maximum atomic E-state index is 11.8. The number of hydrazone groups is 1. The zero-order chi connectivity index (χ0) is 18.8. The Labute approximate surface area is 154 Å². The van der Waals surface area contributed by atoms with Crippen molar-refractivity contribution < 1.29 is 14.6 Å². The number of rotatable bonds is 9. The number of para-hydroxylation sites is 1.